The number of thiophene rings is 2. The van der Waals surface area contributed by atoms with Gasteiger partial charge in [-0.25, -0.2) is 14.8 Å². The topological polar surface area (TPSA) is 84.3 Å². The lowest BCUT2D eigenvalue weighted by molar-refractivity contribution is 0.0698. The van der Waals surface area contributed by atoms with Crippen molar-refractivity contribution in [2.24, 2.45) is 0 Å². The number of aromatic nitrogens is 2. The molecule has 154 valence electrons. The molecular weight excluding hydrogens is 418 g/mol. The van der Waals surface area contributed by atoms with E-state index in [9.17, 15) is 9.90 Å². The van der Waals surface area contributed by atoms with Gasteiger partial charge in [0.05, 0.1) is 17.2 Å². The first-order valence-electron chi connectivity index (χ1n) is 9.59. The lowest BCUT2D eigenvalue weighted by Crippen LogP contribution is -2.07. The summed E-state index contributed by atoms with van der Waals surface area (Å²) in [6.07, 6.45) is 0.876. The molecule has 3 heterocycles. The van der Waals surface area contributed by atoms with Crippen molar-refractivity contribution >= 4 is 44.5 Å². The molecule has 0 bridgehead atoms. The Morgan fingerprint density at radius 2 is 2.07 bits per heavy atom. The third-order valence-corrected chi connectivity index (χ3v) is 6.54. The van der Waals surface area contributed by atoms with Gasteiger partial charge in [0.25, 0.3) is 0 Å². The van der Waals surface area contributed by atoms with Crippen LogP contribution in [0, 0.1) is 6.92 Å². The lowest BCUT2D eigenvalue weighted by Gasteiger charge is -2.08. The Morgan fingerprint density at radius 3 is 2.87 bits per heavy atom. The van der Waals surface area contributed by atoms with E-state index in [1.54, 1.807) is 17.4 Å². The van der Waals surface area contributed by atoms with E-state index < -0.39 is 5.97 Å². The number of aryl methyl sites for hydroxylation is 1. The van der Waals surface area contributed by atoms with E-state index in [4.69, 9.17) is 4.74 Å². The van der Waals surface area contributed by atoms with Gasteiger partial charge < -0.3 is 15.2 Å². The zero-order valence-corrected chi connectivity index (χ0v) is 18.3. The molecule has 6 nitrogen and oxygen atoms in total. The maximum Gasteiger partial charge on any atom is 0.349 e. The Kier molecular flexibility index (Phi) is 5.96. The highest BCUT2D eigenvalue weighted by Gasteiger charge is 2.18. The van der Waals surface area contributed by atoms with Crippen molar-refractivity contribution in [3.05, 3.63) is 58.0 Å². The molecule has 2 N–H and O–H groups in total. The first-order valence-corrected chi connectivity index (χ1v) is 11.3. The zero-order chi connectivity index (χ0) is 21.1. The number of aromatic carboxylic acids is 1. The first kappa shape index (κ1) is 20.3. The maximum absolute atomic E-state index is 11.5. The highest BCUT2D eigenvalue weighted by atomic mass is 32.1. The number of rotatable bonds is 8. The molecule has 0 atom stereocenters. The number of carbonyl (C=O) groups is 1. The molecule has 4 rings (SSSR count). The van der Waals surface area contributed by atoms with Crippen LogP contribution in [0.15, 0.2) is 41.8 Å². The van der Waals surface area contributed by atoms with Crippen LogP contribution in [0.5, 0.6) is 5.75 Å². The Morgan fingerprint density at radius 1 is 1.20 bits per heavy atom. The molecule has 0 saturated carbocycles. The first-order chi connectivity index (χ1) is 14.5. The SMILES string of the molecule is CCOc1cc(-c2cc(NCCc3ccc4sccc4c3)nc(C)n2)sc1C(=O)O. The van der Waals surface area contributed by atoms with Crippen molar-refractivity contribution < 1.29 is 14.6 Å². The van der Waals surface area contributed by atoms with Gasteiger partial charge in [0.1, 0.15) is 17.4 Å². The normalized spacial score (nSPS) is 11.0. The fraction of sp³-hybridized carbons (Fsp3) is 0.227. The predicted molar refractivity (Wildman–Crippen MR) is 122 cm³/mol. The summed E-state index contributed by atoms with van der Waals surface area (Å²) >= 11 is 2.91. The van der Waals surface area contributed by atoms with Gasteiger partial charge >= 0.3 is 5.97 Å². The second-order valence-electron chi connectivity index (χ2n) is 6.70. The van der Waals surface area contributed by atoms with E-state index in [2.05, 4.69) is 44.9 Å². The number of carboxylic acid groups (broad SMARTS) is 1. The summed E-state index contributed by atoms with van der Waals surface area (Å²) in [6.45, 7) is 4.80. The summed E-state index contributed by atoms with van der Waals surface area (Å²) in [5.74, 6) is 0.719. The number of nitrogens with zero attached hydrogens (tertiary/aromatic N) is 2. The highest BCUT2D eigenvalue weighted by Crippen LogP contribution is 2.36. The van der Waals surface area contributed by atoms with Crippen molar-refractivity contribution in [1.29, 1.82) is 0 Å². The van der Waals surface area contributed by atoms with Gasteiger partial charge in [0.15, 0.2) is 4.88 Å². The quantitative estimate of drug-likeness (QED) is 0.378. The summed E-state index contributed by atoms with van der Waals surface area (Å²) in [6, 6.07) is 12.3. The largest absolute Gasteiger partial charge is 0.492 e. The zero-order valence-electron chi connectivity index (χ0n) is 16.6. The van der Waals surface area contributed by atoms with Crippen molar-refractivity contribution in [2.75, 3.05) is 18.5 Å². The minimum Gasteiger partial charge on any atom is -0.492 e. The molecule has 8 heteroatoms. The molecule has 0 amide bonds. The standard InChI is InChI=1S/C22H21N3O3S2/c1-3-28-17-12-19(30-21(17)22(26)27)16-11-20(25-13(2)24-16)23-8-6-14-4-5-18-15(10-14)7-9-29-18/h4-5,7,9-12H,3,6,8H2,1-2H3,(H,26,27)(H,23,24,25). The number of hydrogen-bond acceptors (Lipinski definition) is 7. The molecule has 0 saturated heterocycles. The van der Waals surface area contributed by atoms with Crippen LogP contribution in [0.25, 0.3) is 20.7 Å². The van der Waals surface area contributed by atoms with Crippen molar-refractivity contribution in [1.82, 2.24) is 9.97 Å². The monoisotopic (exact) mass is 439 g/mol. The molecular formula is C22H21N3O3S2. The Labute approximate surface area is 182 Å². The number of ether oxygens (including phenoxy) is 1. The second kappa shape index (κ2) is 8.81. The van der Waals surface area contributed by atoms with E-state index in [0.717, 1.165) is 35.0 Å². The van der Waals surface area contributed by atoms with Crippen LogP contribution < -0.4 is 10.1 Å². The fourth-order valence-electron chi connectivity index (χ4n) is 3.20. The molecule has 0 aliphatic rings. The van der Waals surface area contributed by atoms with Crippen LogP contribution in [-0.4, -0.2) is 34.2 Å². The van der Waals surface area contributed by atoms with E-state index in [1.165, 1.54) is 15.6 Å². The van der Waals surface area contributed by atoms with Gasteiger partial charge in [-0.1, -0.05) is 12.1 Å². The highest BCUT2D eigenvalue weighted by molar-refractivity contribution is 7.17. The van der Waals surface area contributed by atoms with Gasteiger partial charge in [-0.05, 0) is 48.7 Å². The summed E-state index contributed by atoms with van der Waals surface area (Å²) in [4.78, 5) is 21.4. The van der Waals surface area contributed by atoms with Crippen molar-refractivity contribution in [3.63, 3.8) is 0 Å². The number of carboxylic acids is 1. The van der Waals surface area contributed by atoms with E-state index in [-0.39, 0.29) is 4.88 Å². The van der Waals surface area contributed by atoms with E-state index >= 15 is 0 Å². The van der Waals surface area contributed by atoms with Crippen LogP contribution in [0.2, 0.25) is 0 Å². The van der Waals surface area contributed by atoms with Gasteiger partial charge in [-0.2, -0.15) is 0 Å². The Bertz CT molecular complexity index is 1200. The molecule has 0 spiro atoms. The molecule has 0 aliphatic heterocycles. The molecule has 0 aliphatic carbocycles. The Hall–Kier alpha value is -2.97. The number of benzene rings is 1. The number of anilines is 1. The lowest BCUT2D eigenvalue weighted by atomic mass is 10.1. The summed E-state index contributed by atoms with van der Waals surface area (Å²) < 4.78 is 6.77. The number of hydrogen-bond donors (Lipinski definition) is 2. The minimum atomic E-state index is -0.999. The molecule has 3 aromatic heterocycles. The fourth-order valence-corrected chi connectivity index (χ4v) is 4.88. The van der Waals surface area contributed by atoms with Gasteiger partial charge in [-0.3, -0.25) is 0 Å². The van der Waals surface area contributed by atoms with Crippen LogP contribution in [-0.2, 0) is 6.42 Å². The van der Waals surface area contributed by atoms with Crippen molar-refractivity contribution in [3.8, 4) is 16.3 Å². The molecule has 0 fully saturated rings. The van der Waals surface area contributed by atoms with Crippen molar-refractivity contribution in [2.45, 2.75) is 20.3 Å². The maximum atomic E-state index is 11.5. The summed E-state index contributed by atoms with van der Waals surface area (Å²) in [5, 5.41) is 16.2. The van der Waals surface area contributed by atoms with E-state index in [1.807, 2.05) is 19.9 Å². The molecule has 1 aromatic carbocycles. The minimum absolute atomic E-state index is 0.182. The Balaban J connectivity index is 1.50. The smallest absolute Gasteiger partial charge is 0.349 e. The molecule has 4 aromatic rings. The van der Waals surface area contributed by atoms with E-state index in [0.29, 0.717) is 23.9 Å². The average Bonchev–Trinajstić information content (AvgIpc) is 3.34. The summed E-state index contributed by atoms with van der Waals surface area (Å²) in [7, 11) is 0. The van der Waals surface area contributed by atoms with Crippen LogP contribution in [0.3, 0.4) is 0 Å². The average molecular weight is 440 g/mol. The van der Waals surface area contributed by atoms with Crippen LogP contribution in [0.1, 0.15) is 28.0 Å². The second-order valence-corrected chi connectivity index (χ2v) is 8.70. The van der Waals surface area contributed by atoms with Gasteiger partial charge in [-0.15, -0.1) is 22.7 Å². The number of fused-ring (bicyclic) bond motifs is 1. The summed E-state index contributed by atoms with van der Waals surface area (Å²) in [5.41, 5.74) is 1.95. The van der Waals surface area contributed by atoms with Crippen LogP contribution >= 0.6 is 22.7 Å². The third kappa shape index (κ3) is 4.44. The van der Waals surface area contributed by atoms with Gasteiger partial charge in [0.2, 0.25) is 0 Å². The van der Waals surface area contributed by atoms with Crippen LogP contribution in [0.4, 0.5) is 5.82 Å². The number of nitrogens with one attached hydrogen (secondary N) is 1. The predicted octanol–water partition coefficient (Wildman–Crippen LogP) is 5.48. The molecule has 30 heavy (non-hydrogen) atoms. The van der Waals surface area contributed by atoms with Gasteiger partial charge in [0, 0.05) is 23.4 Å². The molecule has 0 radical (unpaired) electrons. The molecule has 0 unspecified atom stereocenters. The third-order valence-electron chi connectivity index (χ3n) is 4.52.